The Bertz CT molecular complexity index is 957. The van der Waals surface area contributed by atoms with Crippen LogP contribution in [0.2, 0.25) is 5.02 Å². The van der Waals surface area contributed by atoms with E-state index in [1.165, 1.54) is 0 Å². The maximum atomic E-state index is 12.8. The molecule has 2 aromatic rings. The van der Waals surface area contributed by atoms with Gasteiger partial charge in [-0.05, 0) is 54.7 Å². The van der Waals surface area contributed by atoms with E-state index in [9.17, 15) is 9.59 Å². The highest BCUT2D eigenvalue weighted by atomic mass is 35.5. The summed E-state index contributed by atoms with van der Waals surface area (Å²) in [5.74, 6) is 0.0224. The summed E-state index contributed by atoms with van der Waals surface area (Å²) in [6, 6.07) is 10.8. The fourth-order valence-corrected chi connectivity index (χ4v) is 3.96. The van der Waals surface area contributed by atoms with Crippen LogP contribution in [0.5, 0.6) is 0 Å². The Morgan fingerprint density at radius 3 is 3.00 bits per heavy atom. The molecule has 0 aromatic heterocycles. The second kappa shape index (κ2) is 9.04. The van der Waals surface area contributed by atoms with Gasteiger partial charge in [0.2, 0.25) is 0 Å². The molecule has 1 saturated heterocycles. The Morgan fingerprint density at radius 1 is 1.27 bits per heavy atom. The van der Waals surface area contributed by atoms with Crippen molar-refractivity contribution in [2.75, 3.05) is 18.5 Å². The molecule has 4 rings (SSSR count). The van der Waals surface area contributed by atoms with Crippen LogP contribution in [0.25, 0.3) is 0 Å². The maximum Gasteiger partial charge on any atom is 0.319 e. The minimum absolute atomic E-state index is 0.0145. The molecule has 30 heavy (non-hydrogen) atoms. The second-order valence-electron chi connectivity index (χ2n) is 7.55. The van der Waals surface area contributed by atoms with Crippen molar-refractivity contribution in [1.29, 1.82) is 0 Å². The molecule has 3 amide bonds. The number of benzene rings is 2. The highest BCUT2D eigenvalue weighted by molar-refractivity contribution is 6.31. The number of nitrogens with zero attached hydrogens (tertiary/aromatic N) is 1. The SMILES string of the molecule is Cc1c(Cl)cccc1NC(=O)NCc1ccc2c(c1)CN(C1CCCOOC1)C2=O. The van der Waals surface area contributed by atoms with Crippen molar-refractivity contribution in [3.05, 3.63) is 63.7 Å². The molecule has 1 fully saturated rings. The predicted molar refractivity (Wildman–Crippen MR) is 113 cm³/mol. The van der Waals surface area contributed by atoms with E-state index in [0.29, 0.717) is 42.6 Å². The van der Waals surface area contributed by atoms with Crippen molar-refractivity contribution in [3.63, 3.8) is 0 Å². The number of rotatable bonds is 4. The number of carbonyl (C=O) groups excluding carboxylic acids is 2. The van der Waals surface area contributed by atoms with Gasteiger partial charge in [0, 0.05) is 29.4 Å². The molecule has 0 saturated carbocycles. The summed E-state index contributed by atoms with van der Waals surface area (Å²) >= 11 is 6.10. The summed E-state index contributed by atoms with van der Waals surface area (Å²) in [7, 11) is 0. The lowest BCUT2D eigenvalue weighted by molar-refractivity contribution is -0.292. The van der Waals surface area contributed by atoms with Gasteiger partial charge in [-0.1, -0.05) is 29.8 Å². The van der Waals surface area contributed by atoms with Crippen molar-refractivity contribution in [1.82, 2.24) is 10.2 Å². The Balaban J connectivity index is 1.37. The van der Waals surface area contributed by atoms with Crippen LogP contribution in [-0.2, 0) is 22.9 Å². The standard InChI is InChI=1S/C22H24ClN3O4/c1-14-19(23)5-2-6-20(14)25-22(28)24-11-15-7-8-18-16(10-15)12-26(21(18)27)17-4-3-9-29-30-13-17/h2,5-8,10,17H,3-4,9,11-13H2,1H3,(H2,24,25,28). The van der Waals surface area contributed by atoms with Crippen LogP contribution in [0.15, 0.2) is 36.4 Å². The Kier molecular flexibility index (Phi) is 6.22. The molecule has 158 valence electrons. The van der Waals surface area contributed by atoms with E-state index >= 15 is 0 Å². The number of amides is 3. The Morgan fingerprint density at radius 2 is 2.13 bits per heavy atom. The smallest absolute Gasteiger partial charge is 0.319 e. The van der Waals surface area contributed by atoms with E-state index in [0.717, 1.165) is 29.5 Å². The molecule has 8 heteroatoms. The number of anilines is 1. The average molecular weight is 430 g/mol. The molecular weight excluding hydrogens is 406 g/mol. The quantitative estimate of drug-likeness (QED) is 0.719. The number of nitrogens with one attached hydrogen (secondary N) is 2. The number of carbonyl (C=O) groups is 2. The largest absolute Gasteiger partial charge is 0.334 e. The van der Waals surface area contributed by atoms with Gasteiger partial charge in [0.1, 0.15) is 6.61 Å². The Labute approximate surface area is 180 Å². The lowest BCUT2D eigenvalue weighted by Crippen LogP contribution is -2.38. The second-order valence-corrected chi connectivity index (χ2v) is 7.95. The highest BCUT2D eigenvalue weighted by Crippen LogP contribution is 2.28. The van der Waals surface area contributed by atoms with Gasteiger partial charge in [-0.2, -0.15) is 0 Å². The van der Waals surface area contributed by atoms with Gasteiger partial charge >= 0.3 is 6.03 Å². The average Bonchev–Trinajstić information content (AvgIpc) is 2.91. The van der Waals surface area contributed by atoms with E-state index in [4.69, 9.17) is 21.4 Å². The van der Waals surface area contributed by atoms with Crippen LogP contribution in [0, 0.1) is 6.92 Å². The number of urea groups is 1. The maximum absolute atomic E-state index is 12.8. The summed E-state index contributed by atoms with van der Waals surface area (Å²) in [6.07, 6.45) is 1.72. The zero-order chi connectivity index (χ0) is 21.1. The first kappa shape index (κ1) is 20.7. The van der Waals surface area contributed by atoms with E-state index in [1.54, 1.807) is 18.2 Å². The van der Waals surface area contributed by atoms with Gasteiger partial charge in [0.25, 0.3) is 5.91 Å². The third-order valence-corrected chi connectivity index (χ3v) is 5.93. The van der Waals surface area contributed by atoms with Crippen molar-refractivity contribution >= 4 is 29.2 Å². The number of fused-ring (bicyclic) bond motifs is 1. The highest BCUT2D eigenvalue weighted by Gasteiger charge is 2.33. The van der Waals surface area contributed by atoms with Crippen LogP contribution in [0.1, 0.15) is 39.9 Å². The van der Waals surface area contributed by atoms with Crippen LogP contribution >= 0.6 is 11.6 Å². The van der Waals surface area contributed by atoms with E-state index < -0.39 is 0 Å². The Hall–Kier alpha value is -2.61. The van der Waals surface area contributed by atoms with E-state index in [-0.39, 0.29) is 18.0 Å². The summed E-state index contributed by atoms with van der Waals surface area (Å²) in [5.41, 5.74) is 4.10. The first-order valence-corrected chi connectivity index (χ1v) is 10.4. The van der Waals surface area contributed by atoms with Crippen LogP contribution in [-0.4, -0.2) is 36.1 Å². The van der Waals surface area contributed by atoms with Gasteiger partial charge in [-0.3, -0.25) is 4.79 Å². The molecule has 7 nitrogen and oxygen atoms in total. The third-order valence-electron chi connectivity index (χ3n) is 5.52. The predicted octanol–water partition coefficient (Wildman–Crippen LogP) is 4.04. The minimum atomic E-state index is -0.311. The van der Waals surface area contributed by atoms with Gasteiger partial charge in [-0.15, -0.1) is 0 Å². The normalized spacial score (nSPS) is 18.7. The van der Waals surface area contributed by atoms with Crippen LogP contribution < -0.4 is 10.6 Å². The first-order chi connectivity index (χ1) is 14.5. The molecule has 0 radical (unpaired) electrons. The zero-order valence-electron chi connectivity index (χ0n) is 16.7. The number of halogens is 1. The molecule has 2 aliphatic heterocycles. The van der Waals surface area contributed by atoms with Gasteiger partial charge in [0.15, 0.2) is 0 Å². The van der Waals surface area contributed by atoms with Crippen LogP contribution in [0.3, 0.4) is 0 Å². The van der Waals surface area contributed by atoms with Gasteiger partial charge in [-0.25, -0.2) is 14.6 Å². The number of hydrogen-bond acceptors (Lipinski definition) is 4. The monoisotopic (exact) mass is 429 g/mol. The fourth-order valence-electron chi connectivity index (χ4n) is 3.79. The van der Waals surface area contributed by atoms with E-state index in [1.807, 2.05) is 30.0 Å². The molecule has 0 spiro atoms. The van der Waals surface area contributed by atoms with Crippen molar-refractivity contribution in [2.24, 2.45) is 0 Å². The molecule has 0 aliphatic carbocycles. The topological polar surface area (TPSA) is 79.9 Å². The summed E-state index contributed by atoms with van der Waals surface area (Å²) in [5, 5.41) is 6.27. The molecular formula is C22H24ClN3O4. The minimum Gasteiger partial charge on any atom is -0.334 e. The van der Waals surface area contributed by atoms with Crippen LogP contribution in [0.4, 0.5) is 10.5 Å². The van der Waals surface area contributed by atoms with Gasteiger partial charge < -0.3 is 15.5 Å². The summed E-state index contributed by atoms with van der Waals surface area (Å²) < 4.78 is 0. The summed E-state index contributed by atoms with van der Waals surface area (Å²) in [6.45, 7) is 3.69. The van der Waals surface area contributed by atoms with Gasteiger partial charge in [0.05, 0.1) is 12.6 Å². The molecule has 2 heterocycles. The molecule has 1 atom stereocenters. The first-order valence-electron chi connectivity index (χ1n) is 10.00. The lowest BCUT2D eigenvalue weighted by Gasteiger charge is -2.25. The van der Waals surface area contributed by atoms with Crippen molar-refractivity contribution < 1.29 is 19.4 Å². The molecule has 2 aliphatic rings. The fraction of sp³-hybridized carbons (Fsp3) is 0.364. The molecule has 1 unspecified atom stereocenters. The number of hydrogen-bond donors (Lipinski definition) is 2. The van der Waals surface area contributed by atoms with Crippen molar-refractivity contribution in [3.8, 4) is 0 Å². The van der Waals surface area contributed by atoms with E-state index in [2.05, 4.69) is 10.6 Å². The summed E-state index contributed by atoms with van der Waals surface area (Å²) in [4.78, 5) is 37.1. The van der Waals surface area contributed by atoms with Crippen molar-refractivity contribution in [2.45, 2.75) is 38.9 Å². The lowest BCUT2D eigenvalue weighted by atomic mass is 10.1. The molecule has 2 N–H and O–H groups in total. The third kappa shape index (κ3) is 4.43. The zero-order valence-corrected chi connectivity index (χ0v) is 17.5. The molecule has 2 aromatic carbocycles. The molecule has 0 bridgehead atoms.